The number of hydrogen-bond donors (Lipinski definition) is 0. The van der Waals surface area contributed by atoms with Crippen LogP contribution in [0.3, 0.4) is 0 Å². The molecule has 14 heavy (non-hydrogen) atoms. The fraction of sp³-hybridized carbons (Fsp3) is 1.00. The minimum atomic E-state index is -2.15. The molecular formula is C12H25ClSn. The summed E-state index contributed by atoms with van der Waals surface area (Å²) in [4.78, 5) is 0. The topological polar surface area (TPSA) is 0 Å². The molecular weight excluding hydrogens is 298 g/mol. The van der Waals surface area contributed by atoms with Crippen LogP contribution in [0.1, 0.15) is 58.8 Å². The zero-order chi connectivity index (χ0) is 10.4. The minimum absolute atomic E-state index is 1.01. The van der Waals surface area contributed by atoms with Gasteiger partial charge in [0.15, 0.2) is 0 Å². The van der Waals surface area contributed by atoms with Gasteiger partial charge in [-0.25, -0.2) is 0 Å². The normalized spacial score (nSPS) is 19.9. The monoisotopic (exact) mass is 324 g/mol. The van der Waals surface area contributed by atoms with Crippen LogP contribution in [0.25, 0.3) is 0 Å². The maximum atomic E-state index is 7.03. The van der Waals surface area contributed by atoms with Crippen LogP contribution >= 0.6 is 8.92 Å². The van der Waals surface area contributed by atoms with E-state index in [0.29, 0.717) is 0 Å². The Labute approximate surface area is 97.4 Å². The van der Waals surface area contributed by atoms with Crippen molar-refractivity contribution in [2.45, 2.75) is 71.6 Å². The van der Waals surface area contributed by atoms with Crippen molar-refractivity contribution in [3.05, 3.63) is 0 Å². The summed E-state index contributed by atoms with van der Waals surface area (Å²) in [6, 6.07) is 0. The Morgan fingerprint density at radius 3 is 1.93 bits per heavy atom. The maximum absolute atomic E-state index is 7.03. The van der Waals surface area contributed by atoms with Crippen molar-refractivity contribution in [1.29, 1.82) is 0 Å². The first-order chi connectivity index (χ1) is 6.73. The van der Waals surface area contributed by atoms with Gasteiger partial charge >= 0.3 is 97.8 Å². The van der Waals surface area contributed by atoms with Crippen molar-refractivity contribution in [2.24, 2.45) is 0 Å². The van der Waals surface area contributed by atoms with Crippen molar-refractivity contribution < 1.29 is 0 Å². The second kappa shape index (κ2) is 6.62. The van der Waals surface area contributed by atoms with Gasteiger partial charge < -0.3 is 0 Å². The van der Waals surface area contributed by atoms with E-state index in [-0.39, 0.29) is 0 Å². The Kier molecular flexibility index (Phi) is 6.22. The zero-order valence-electron chi connectivity index (χ0n) is 9.82. The zero-order valence-corrected chi connectivity index (χ0v) is 13.4. The molecule has 0 nitrogen and oxygen atoms in total. The summed E-state index contributed by atoms with van der Waals surface area (Å²) in [7, 11) is 7.03. The Hall–Kier alpha value is 1.09. The Balaban J connectivity index is 2.54. The van der Waals surface area contributed by atoms with Gasteiger partial charge in [0.05, 0.1) is 0 Å². The van der Waals surface area contributed by atoms with Crippen LogP contribution in [0, 0.1) is 0 Å². The van der Waals surface area contributed by atoms with Crippen LogP contribution in [-0.2, 0) is 0 Å². The van der Waals surface area contributed by atoms with E-state index in [0.717, 1.165) is 3.93 Å². The summed E-state index contributed by atoms with van der Waals surface area (Å²) in [5, 5.41) is 0. The first-order valence-electron chi connectivity index (χ1n) is 6.42. The van der Waals surface area contributed by atoms with Gasteiger partial charge in [0.2, 0.25) is 0 Å². The molecule has 1 rings (SSSR count). The van der Waals surface area contributed by atoms with Gasteiger partial charge in [-0.05, 0) is 0 Å². The van der Waals surface area contributed by atoms with E-state index >= 15 is 0 Å². The summed E-state index contributed by atoms with van der Waals surface area (Å²) in [6.07, 6.45) is 9.99. The third kappa shape index (κ3) is 3.59. The first kappa shape index (κ1) is 13.2. The predicted octanol–water partition coefficient (Wildman–Crippen LogP) is 5.33. The molecule has 1 aliphatic rings. The molecule has 0 atom stereocenters. The van der Waals surface area contributed by atoms with E-state index in [1.807, 2.05) is 0 Å². The second-order valence-corrected chi connectivity index (χ2v) is 21.0. The number of rotatable bonds is 5. The van der Waals surface area contributed by atoms with Crippen LogP contribution < -0.4 is 0 Å². The predicted molar refractivity (Wildman–Crippen MR) is 68.6 cm³/mol. The molecule has 84 valence electrons. The van der Waals surface area contributed by atoms with Gasteiger partial charge in [0.25, 0.3) is 0 Å². The van der Waals surface area contributed by atoms with E-state index in [4.69, 9.17) is 8.92 Å². The standard InChI is InChI=1S/C6H11.2C3H7.ClH.Sn/c1-2-4-6-5-3-1;2*1-3-2;;/h1H,2-6H2;2*1,3H2,2H3;1H;/q;;;;+1/p-1. The van der Waals surface area contributed by atoms with Gasteiger partial charge in [-0.3, -0.25) is 0 Å². The van der Waals surface area contributed by atoms with Crippen molar-refractivity contribution in [2.75, 3.05) is 0 Å². The molecule has 0 aromatic rings. The Morgan fingerprint density at radius 1 is 1.00 bits per heavy atom. The molecule has 0 aromatic carbocycles. The molecule has 1 saturated carbocycles. The average Bonchev–Trinajstić information content (AvgIpc) is 2.20. The molecule has 0 unspecified atom stereocenters. The third-order valence-corrected chi connectivity index (χ3v) is 21.7. The summed E-state index contributed by atoms with van der Waals surface area (Å²) >= 11 is -2.15. The SMILES string of the molecule is CC[CH2][Sn]([Cl])([CH2]CC)[CH]1CCCCC1. The van der Waals surface area contributed by atoms with Gasteiger partial charge in [-0.2, -0.15) is 0 Å². The Bertz CT molecular complexity index is 146. The number of hydrogen-bond acceptors (Lipinski definition) is 0. The van der Waals surface area contributed by atoms with Crippen LogP contribution in [0.15, 0.2) is 0 Å². The fourth-order valence-corrected chi connectivity index (χ4v) is 18.9. The molecule has 0 aliphatic heterocycles. The van der Waals surface area contributed by atoms with Crippen LogP contribution in [-0.4, -0.2) is 17.3 Å². The third-order valence-electron chi connectivity index (χ3n) is 3.67. The summed E-state index contributed by atoms with van der Waals surface area (Å²) in [6.45, 7) is 4.62. The molecule has 0 N–H and O–H groups in total. The van der Waals surface area contributed by atoms with Crippen molar-refractivity contribution in [3.8, 4) is 0 Å². The molecule has 1 fully saturated rings. The van der Waals surface area contributed by atoms with Crippen molar-refractivity contribution in [3.63, 3.8) is 0 Å². The molecule has 0 radical (unpaired) electrons. The first-order valence-corrected chi connectivity index (χ1v) is 15.7. The summed E-state index contributed by atoms with van der Waals surface area (Å²) < 4.78 is 3.86. The van der Waals surface area contributed by atoms with Crippen molar-refractivity contribution in [1.82, 2.24) is 0 Å². The summed E-state index contributed by atoms with van der Waals surface area (Å²) in [5.74, 6) is 0. The van der Waals surface area contributed by atoms with Gasteiger partial charge in [-0.15, -0.1) is 0 Å². The van der Waals surface area contributed by atoms with E-state index in [2.05, 4.69) is 13.8 Å². The van der Waals surface area contributed by atoms with Crippen molar-refractivity contribution >= 4 is 26.2 Å². The van der Waals surface area contributed by atoms with E-state index < -0.39 is 17.3 Å². The average molecular weight is 323 g/mol. The van der Waals surface area contributed by atoms with Crippen LogP contribution in [0.5, 0.6) is 0 Å². The molecule has 2 heteroatoms. The molecule has 0 spiro atoms. The van der Waals surface area contributed by atoms with E-state index in [9.17, 15) is 0 Å². The molecule has 0 amide bonds. The summed E-state index contributed by atoms with van der Waals surface area (Å²) in [5.41, 5.74) is 0. The molecule has 0 heterocycles. The quantitative estimate of drug-likeness (QED) is 0.600. The molecule has 1 aliphatic carbocycles. The van der Waals surface area contributed by atoms with E-state index in [1.54, 1.807) is 0 Å². The Morgan fingerprint density at radius 2 is 1.50 bits per heavy atom. The second-order valence-electron chi connectivity index (χ2n) is 4.87. The van der Waals surface area contributed by atoms with Gasteiger partial charge in [-0.1, -0.05) is 0 Å². The number of halogens is 1. The van der Waals surface area contributed by atoms with Crippen LogP contribution in [0.2, 0.25) is 12.8 Å². The fourth-order valence-electron chi connectivity index (χ4n) is 2.98. The molecule has 0 aromatic heterocycles. The van der Waals surface area contributed by atoms with Gasteiger partial charge in [0, 0.05) is 0 Å². The van der Waals surface area contributed by atoms with Crippen LogP contribution in [0.4, 0.5) is 0 Å². The van der Waals surface area contributed by atoms with Gasteiger partial charge in [0.1, 0.15) is 0 Å². The molecule has 0 saturated heterocycles. The molecule has 0 bridgehead atoms. The van der Waals surface area contributed by atoms with E-state index in [1.165, 1.54) is 53.8 Å².